The van der Waals surface area contributed by atoms with Gasteiger partial charge in [-0.15, -0.1) is 0 Å². The summed E-state index contributed by atoms with van der Waals surface area (Å²) in [6, 6.07) is 6.75. The van der Waals surface area contributed by atoms with Gasteiger partial charge in [0.05, 0.1) is 6.54 Å². The topological polar surface area (TPSA) is 43.8 Å². The molecule has 1 aromatic rings. The van der Waals surface area contributed by atoms with E-state index in [1.807, 2.05) is 0 Å². The van der Waals surface area contributed by atoms with Crippen LogP contribution in [0.3, 0.4) is 0 Å². The molecule has 0 saturated carbocycles. The number of nitrogens with zero attached hydrogens (tertiary/aromatic N) is 2. The molecule has 1 aliphatic heterocycles. The molecule has 7 heteroatoms. The molecule has 1 amide bonds. The van der Waals surface area contributed by atoms with Gasteiger partial charge >= 0.3 is 6.18 Å². The highest BCUT2D eigenvalue weighted by Crippen LogP contribution is 2.19. The van der Waals surface area contributed by atoms with Gasteiger partial charge in [0, 0.05) is 38.3 Å². The van der Waals surface area contributed by atoms with E-state index in [-0.39, 0.29) is 25.6 Å². The lowest BCUT2D eigenvalue weighted by atomic mass is 10.1. The van der Waals surface area contributed by atoms with E-state index in [1.165, 1.54) is 4.90 Å². The Kier molecular flexibility index (Phi) is 6.62. The first-order valence-electron chi connectivity index (χ1n) is 8.17. The Labute approximate surface area is 139 Å². The van der Waals surface area contributed by atoms with Crippen LogP contribution in [0.4, 0.5) is 13.2 Å². The molecule has 0 aromatic heterocycles. The van der Waals surface area contributed by atoms with Gasteiger partial charge in [0.2, 0.25) is 0 Å². The Balaban J connectivity index is 1.98. The molecule has 24 heavy (non-hydrogen) atoms. The molecule has 0 atom stereocenters. The second-order valence-corrected chi connectivity index (χ2v) is 6.10. The van der Waals surface area contributed by atoms with Crippen molar-refractivity contribution in [3.05, 3.63) is 35.4 Å². The van der Waals surface area contributed by atoms with E-state index < -0.39 is 12.7 Å². The SMILES string of the molecule is O=C(c1ccc(CN(CCCO)CC(F)(F)F)cc1)N1CCCC1. The number of rotatable bonds is 7. The minimum atomic E-state index is -4.28. The van der Waals surface area contributed by atoms with Gasteiger partial charge in [-0.3, -0.25) is 9.69 Å². The van der Waals surface area contributed by atoms with E-state index in [9.17, 15) is 18.0 Å². The molecule has 1 heterocycles. The highest BCUT2D eigenvalue weighted by atomic mass is 19.4. The van der Waals surface area contributed by atoms with E-state index in [4.69, 9.17) is 5.11 Å². The highest BCUT2D eigenvalue weighted by Gasteiger charge is 2.30. The molecular formula is C17H23F3N2O2. The molecule has 1 saturated heterocycles. The fourth-order valence-electron chi connectivity index (χ4n) is 2.88. The fourth-order valence-corrected chi connectivity index (χ4v) is 2.88. The number of alkyl halides is 3. The largest absolute Gasteiger partial charge is 0.401 e. The number of halogens is 3. The molecule has 0 unspecified atom stereocenters. The number of likely N-dealkylation sites (tertiary alicyclic amines) is 1. The second kappa shape index (κ2) is 8.48. The number of carbonyl (C=O) groups excluding carboxylic acids is 1. The van der Waals surface area contributed by atoms with Crippen LogP contribution in [0, 0.1) is 0 Å². The maximum atomic E-state index is 12.6. The van der Waals surface area contributed by atoms with Crippen LogP contribution in [-0.2, 0) is 6.54 Å². The summed E-state index contributed by atoms with van der Waals surface area (Å²) in [5.41, 5.74) is 1.29. The van der Waals surface area contributed by atoms with E-state index in [2.05, 4.69) is 0 Å². The lowest BCUT2D eigenvalue weighted by Crippen LogP contribution is -2.35. The van der Waals surface area contributed by atoms with Gasteiger partial charge in [-0.2, -0.15) is 13.2 Å². The summed E-state index contributed by atoms with van der Waals surface area (Å²) in [4.78, 5) is 15.3. The monoisotopic (exact) mass is 344 g/mol. The van der Waals surface area contributed by atoms with E-state index in [1.54, 1.807) is 29.2 Å². The summed E-state index contributed by atoms with van der Waals surface area (Å²) in [7, 11) is 0. The van der Waals surface area contributed by atoms with Crippen molar-refractivity contribution in [2.45, 2.75) is 32.0 Å². The number of hydrogen-bond acceptors (Lipinski definition) is 3. The van der Waals surface area contributed by atoms with Crippen LogP contribution in [0.2, 0.25) is 0 Å². The Morgan fingerprint density at radius 1 is 1.17 bits per heavy atom. The molecule has 0 aliphatic carbocycles. The number of aliphatic hydroxyl groups is 1. The summed E-state index contributed by atoms with van der Waals surface area (Å²) in [6.45, 7) is 0.684. The molecule has 134 valence electrons. The number of amides is 1. The first-order chi connectivity index (χ1) is 11.4. The van der Waals surface area contributed by atoms with Gasteiger partial charge < -0.3 is 10.0 Å². The maximum Gasteiger partial charge on any atom is 0.401 e. The zero-order valence-electron chi connectivity index (χ0n) is 13.6. The van der Waals surface area contributed by atoms with Gasteiger partial charge in [0.15, 0.2) is 0 Å². The van der Waals surface area contributed by atoms with Crippen LogP contribution in [0.15, 0.2) is 24.3 Å². The summed E-state index contributed by atoms with van der Waals surface area (Å²) >= 11 is 0. The lowest BCUT2D eigenvalue weighted by molar-refractivity contribution is -0.147. The molecule has 0 spiro atoms. The van der Waals surface area contributed by atoms with Crippen molar-refractivity contribution >= 4 is 5.91 Å². The number of hydrogen-bond donors (Lipinski definition) is 1. The average molecular weight is 344 g/mol. The van der Waals surface area contributed by atoms with Crippen LogP contribution >= 0.6 is 0 Å². The van der Waals surface area contributed by atoms with Crippen molar-refractivity contribution in [2.24, 2.45) is 0 Å². The smallest absolute Gasteiger partial charge is 0.396 e. The van der Waals surface area contributed by atoms with Gasteiger partial charge in [0.25, 0.3) is 5.91 Å². The molecule has 1 fully saturated rings. The van der Waals surface area contributed by atoms with Gasteiger partial charge in [-0.1, -0.05) is 12.1 Å². The zero-order valence-corrected chi connectivity index (χ0v) is 13.6. The molecule has 4 nitrogen and oxygen atoms in total. The van der Waals surface area contributed by atoms with Crippen molar-refractivity contribution in [3.63, 3.8) is 0 Å². The number of aliphatic hydroxyl groups excluding tert-OH is 1. The molecule has 0 radical (unpaired) electrons. The number of benzene rings is 1. The molecule has 0 bridgehead atoms. The van der Waals surface area contributed by atoms with Crippen molar-refractivity contribution in [2.75, 3.05) is 32.8 Å². The van der Waals surface area contributed by atoms with Crippen LogP contribution in [0.5, 0.6) is 0 Å². The Bertz CT molecular complexity index is 526. The fraction of sp³-hybridized carbons (Fsp3) is 0.588. The molecule has 1 aliphatic rings. The van der Waals surface area contributed by atoms with Crippen LogP contribution < -0.4 is 0 Å². The first-order valence-corrected chi connectivity index (χ1v) is 8.17. The van der Waals surface area contributed by atoms with Crippen LogP contribution in [0.1, 0.15) is 35.2 Å². The van der Waals surface area contributed by atoms with Crippen molar-refractivity contribution < 1.29 is 23.1 Å². The third-order valence-corrected chi connectivity index (χ3v) is 4.04. The third-order valence-electron chi connectivity index (χ3n) is 4.04. The van der Waals surface area contributed by atoms with E-state index >= 15 is 0 Å². The molecule has 1 N–H and O–H groups in total. The normalized spacial score (nSPS) is 15.3. The summed E-state index contributed by atoms with van der Waals surface area (Å²) in [5.74, 6) is -0.0218. The quantitative estimate of drug-likeness (QED) is 0.827. The van der Waals surface area contributed by atoms with E-state index in [0.717, 1.165) is 31.5 Å². The second-order valence-electron chi connectivity index (χ2n) is 6.10. The third kappa shape index (κ3) is 5.79. The summed E-state index contributed by atoms with van der Waals surface area (Å²) < 4.78 is 37.9. The molecular weight excluding hydrogens is 321 g/mol. The predicted molar refractivity (Wildman–Crippen MR) is 84.6 cm³/mol. The van der Waals surface area contributed by atoms with Crippen molar-refractivity contribution in [3.8, 4) is 0 Å². The summed E-state index contributed by atoms with van der Waals surface area (Å²) in [6.07, 6.45) is -1.95. The van der Waals surface area contributed by atoms with E-state index in [0.29, 0.717) is 12.0 Å². The molecule has 1 aromatic carbocycles. The lowest BCUT2D eigenvalue weighted by Gasteiger charge is -2.23. The average Bonchev–Trinajstić information content (AvgIpc) is 3.05. The Hall–Kier alpha value is -1.60. The van der Waals surface area contributed by atoms with Crippen LogP contribution in [-0.4, -0.2) is 59.8 Å². The van der Waals surface area contributed by atoms with Gasteiger partial charge in [-0.25, -0.2) is 0 Å². The Morgan fingerprint density at radius 2 is 1.79 bits per heavy atom. The van der Waals surface area contributed by atoms with Crippen molar-refractivity contribution in [1.82, 2.24) is 9.80 Å². The minimum absolute atomic E-state index is 0.0218. The Morgan fingerprint density at radius 3 is 2.33 bits per heavy atom. The predicted octanol–water partition coefficient (Wildman–Crippen LogP) is 2.67. The summed E-state index contributed by atoms with van der Waals surface area (Å²) in [5, 5.41) is 8.83. The first kappa shape index (κ1) is 18.7. The molecule has 2 rings (SSSR count). The standard InChI is InChI=1S/C17H23F3N2O2/c18-17(19,20)13-21(8-3-11-23)12-14-4-6-15(7-5-14)16(24)22-9-1-2-10-22/h4-7,23H,1-3,8-13H2. The van der Waals surface area contributed by atoms with Crippen molar-refractivity contribution in [1.29, 1.82) is 0 Å². The minimum Gasteiger partial charge on any atom is -0.396 e. The zero-order chi connectivity index (χ0) is 17.6. The van der Waals surface area contributed by atoms with Gasteiger partial charge in [-0.05, 0) is 37.0 Å². The highest BCUT2D eigenvalue weighted by molar-refractivity contribution is 5.94. The maximum absolute atomic E-state index is 12.6. The number of carbonyl (C=O) groups is 1. The van der Waals surface area contributed by atoms with Crippen LogP contribution in [0.25, 0.3) is 0 Å². The van der Waals surface area contributed by atoms with Gasteiger partial charge in [0.1, 0.15) is 0 Å².